The smallest absolute Gasteiger partial charge is 0.266 e. The minimum Gasteiger partial charge on any atom is -0.333 e. The van der Waals surface area contributed by atoms with E-state index < -0.39 is 0 Å². The summed E-state index contributed by atoms with van der Waals surface area (Å²) < 4.78 is 16.0. The molecule has 1 aliphatic heterocycles. The number of hydrogen-bond donors (Lipinski definition) is 0. The highest BCUT2D eigenvalue weighted by molar-refractivity contribution is 9.10. The number of aromatic nitrogens is 2. The number of nitrogens with zero attached hydrogens (tertiary/aromatic N) is 4. The van der Waals surface area contributed by atoms with E-state index in [9.17, 15) is 14.0 Å². The molecule has 1 aliphatic rings. The van der Waals surface area contributed by atoms with Gasteiger partial charge in [-0.2, -0.15) is 0 Å². The van der Waals surface area contributed by atoms with Crippen LogP contribution in [0.2, 0.25) is 0 Å². The lowest BCUT2D eigenvalue weighted by molar-refractivity contribution is 0.0364. The van der Waals surface area contributed by atoms with Gasteiger partial charge in [0, 0.05) is 35.7 Å². The number of carbonyl (C=O) groups is 1. The van der Waals surface area contributed by atoms with E-state index in [4.69, 9.17) is 4.98 Å². The zero-order valence-corrected chi connectivity index (χ0v) is 22.4. The van der Waals surface area contributed by atoms with Gasteiger partial charge in [0.1, 0.15) is 11.6 Å². The number of benzene rings is 3. The van der Waals surface area contributed by atoms with Gasteiger partial charge < -0.3 is 4.90 Å². The van der Waals surface area contributed by atoms with E-state index in [2.05, 4.69) is 27.8 Å². The van der Waals surface area contributed by atoms with Crippen LogP contribution < -0.4 is 5.56 Å². The van der Waals surface area contributed by atoms with Crippen LogP contribution in [0.3, 0.4) is 0 Å². The largest absolute Gasteiger partial charge is 0.333 e. The normalized spacial score (nSPS) is 17.2. The number of fused-ring (bicyclic) bond motifs is 1. The molecule has 0 N–H and O–H groups in total. The third-order valence-electron chi connectivity index (χ3n) is 7.02. The molecule has 0 saturated carbocycles. The molecule has 2 unspecified atom stereocenters. The van der Waals surface area contributed by atoms with E-state index in [1.165, 1.54) is 24.3 Å². The van der Waals surface area contributed by atoms with Crippen LogP contribution in [0.4, 0.5) is 4.39 Å². The number of para-hydroxylation sites is 1. The van der Waals surface area contributed by atoms with E-state index in [1.54, 1.807) is 4.57 Å². The summed E-state index contributed by atoms with van der Waals surface area (Å²) in [5, 5.41) is 0.576. The maximum Gasteiger partial charge on any atom is 0.266 e. The predicted molar refractivity (Wildman–Crippen MR) is 147 cm³/mol. The highest BCUT2D eigenvalue weighted by Crippen LogP contribution is 2.29. The van der Waals surface area contributed by atoms with Crippen molar-refractivity contribution in [2.24, 2.45) is 0 Å². The number of piperazine rings is 1. The van der Waals surface area contributed by atoms with Gasteiger partial charge in [-0.25, -0.2) is 9.37 Å². The first kappa shape index (κ1) is 25.3. The third-order valence-corrected chi connectivity index (χ3v) is 7.55. The Morgan fingerprint density at radius 3 is 2.43 bits per heavy atom. The SMILES string of the molecule is CCC(c1nc2ccccc2c(=O)n1-c1ccc(Br)cc1)N1CCN(C(=O)c2ccc(F)cc2)C(C)C1. The number of amides is 1. The van der Waals surface area contributed by atoms with Gasteiger partial charge in [-0.1, -0.05) is 35.0 Å². The van der Waals surface area contributed by atoms with Crippen LogP contribution in [0.15, 0.2) is 82.1 Å². The average Bonchev–Trinajstić information content (AvgIpc) is 2.90. The van der Waals surface area contributed by atoms with Gasteiger partial charge in [-0.3, -0.25) is 19.1 Å². The van der Waals surface area contributed by atoms with Crippen LogP contribution in [-0.2, 0) is 0 Å². The minimum absolute atomic E-state index is 0.0614. The first-order valence-electron chi connectivity index (χ1n) is 12.5. The Morgan fingerprint density at radius 1 is 1.05 bits per heavy atom. The van der Waals surface area contributed by atoms with E-state index >= 15 is 0 Å². The molecule has 6 nitrogen and oxygen atoms in total. The Balaban J connectivity index is 1.50. The van der Waals surface area contributed by atoms with Gasteiger partial charge in [0.15, 0.2) is 0 Å². The van der Waals surface area contributed by atoms with Crippen molar-refractivity contribution in [3.05, 3.63) is 105 Å². The molecule has 0 bridgehead atoms. The molecular formula is C29H28BrFN4O2. The van der Waals surface area contributed by atoms with Crippen LogP contribution in [0.5, 0.6) is 0 Å². The molecule has 0 spiro atoms. The summed E-state index contributed by atoms with van der Waals surface area (Å²) in [6, 6.07) is 20.6. The quantitative estimate of drug-likeness (QED) is 0.318. The Kier molecular flexibility index (Phi) is 7.22. The van der Waals surface area contributed by atoms with Crippen LogP contribution in [0.1, 0.15) is 42.5 Å². The lowest BCUT2D eigenvalue weighted by Crippen LogP contribution is -2.55. The zero-order chi connectivity index (χ0) is 26.1. The summed E-state index contributed by atoms with van der Waals surface area (Å²) in [6.07, 6.45) is 0.750. The summed E-state index contributed by atoms with van der Waals surface area (Å²) in [5.41, 5.74) is 1.82. The fourth-order valence-corrected chi connectivity index (χ4v) is 5.41. The van der Waals surface area contributed by atoms with Crippen LogP contribution in [0, 0.1) is 5.82 Å². The van der Waals surface area contributed by atoms with Crippen LogP contribution >= 0.6 is 15.9 Å². The standard InChI is InChI=1S/C29H28BrFN4O2/c1-3-26(33-16-17-34(19(2)18-33)28(36)20-8-12-22(31)13-9-20)27-32-25-7-5-4-6-24(25)29(37)35(27)23-14-10-21(30)11-15-23/h4-15,19,26H,3,16-18H2,1-2H3. The second kappa shape index (κ2) is 10.6. The second-order valence-corrected chi connectivity index (χ2v) is 10.3. The first-order valence-corrected chi connectivity index (χ1v) is 13.2. The molecule has 2 atom stereocenters. The highest BCUT2D eigenvalue weighted by Gasteiger charge is 2.33. The zero-order valence-electron chi connectivity index (χ0n) is 20.8. The van der Waals surface area contributed by atoms with Gasteiger partial charge >= 0.3 is 0 Å². The molecule has 8 heteroatoms. The van der Waals surface area contributed by atoms with Crippen LogP contribution in [0.25, 0.3) is 16.6 Å². The van der Waals surface area contributed by atoms with E-state index in [-0.39, 0.29) is 29.4 Å². The lowest BCUT2D eigenvalue weighted by Gasteiger charge is -2.43. The molecule has 190 valence electrons. The summed E-state index contributed by atoms with van der Waals surface area (Å²) >= 11 is 3.48. The maximum atomic E-state index is 13.7. The molecule has 1 aromatic heterocycles. The molecule has 3 aromatic carbocycles. The van der Waals surface area contributed by atoms with Gasteiger partial charge in [0.25, 0.3) is 11.5 Å². The molecule has 0 aliphatic carbocycles. The topological polar surface area (TPSA) is 58.4 Å². The average molecular weight is 563 g/mol. The van der Waals surface area contributed by atoms with Crippen molar-refractivity contribution in [1.82, 2.24) is 19.4 Å². The first-order chi connectivity index (χ1) is 17.9. The van der Waals surface area contributed by atoms with Gasteiger partial charge in [-0.15, -0.1) is 0 Å². The Labute approximate surface area is 223 Å². The Hall–Kier alpha value is -3.36. The number of carbonyl (C=O) groups excluding carboxylic acids is 1. The summed E-state index contributed by atoms with van der Waals surface area (Å²) in [6.45, 7) is 5.92. The molecule has 0 radical (unpaired) electrons. The highest BCUT2D eigenvalue weighted by atomic mass is 79.9. The Bertz CT molecular complexity index is 1490. The van der Waals surface area contributed by atoms with E-state index in [0.717, 1.165) is 16.6 Å². The molecule has 1 amide bonds. The maximum absolute atomic E-state index is 13.7. The molecule has 4 aromatic rings. The van der Waals surface area contributed by atoms with Gasteiger partial charge in [0.05, 0.1) is 22.6 Å². The van der Waals surface area contributed by atoms with Crippen LogP contribution in [-0.4, -0.2) is 50.9 Å². The van der Waals surface area contributed by atoms with Crippen molar-refractivity contribution in [2.45, 2.75) is 32.4 Å². The van der Waals surface area contributed by atoms with Crippen molar-refractivity contribution < 1.29 is 9.18 Å². The Morgan fingerprint density at radius 2 is 1.76 bits per heavy atom. The van der Waals surface area contributed by atoms with E-state index in [1.807, 2.05) is 60.4 Å². The molecule has 1 saturated heterocycles. The minimum atomic E-state index is -0.361. The molecule has 2 heterocycles. The second-order valence-electron chi connectivity index (χ2n) is 9.38. The monoisotopic (exact) mass is 562 g/mol. The van der Waals surface area contributed by atoms with E-state index in [0.29, 0.717) is 41.9 Å². The lowest BCUT2D eigenvalue weighted by atomic mass is 10.1. The van der Waals surface area contributed by atoms with Crippen molar-refractivity contribution in [1.29, 1.82) is 0 Å². The van der Waals surface area contributed by atoms with Gasteiger partial charge in [0.2, 0.25) is 0 Å². The van der Waals surface area contributed by atoms with Crippen molar-refractivity contribution in [3.8, 4) is 5.69 Å². The number of hydrogen-bond acceptors (Lipinski definition) is 4. The molecule has 1 fully saturated rings. The predicted octanol–water partition coefficient (Wildman–Crippen LogP) is 5.58. The number of rotatable bonds is 5. The molecule has 5 rings (SSSR count). The van der Waals surface area contributed by atoms with Crippen molar-refractivity contribution in [2.75, 3.05) is 19.6 Å². The fourth-order valence-electron chi connectivity index (χ4n) is 5.15. The van der Waals surface area contributed by atoms with Gasteiger partial charge in [-0.05, 0) is 74.0 Å². The fraction of sp³-hybridized carbons (Fsp3) is 0.276. The van der Waals surface area contributed by atoms with Crippen molar-refractivity contribution >= 4 is 32.7 Å². The number of halogens is 2. The summed E-state index contributed by atoms with van der Waals surface area (Å²) in [4.78, 5) is 36.0. The molecule has 37 heavy (non-hydrogen) atoms. The summed E-state index contributed by atoms with van der Waals surface area (Å²) in [5.74, 6) is 0.231. The third kappa shape index (κ3) is 4.95. The summed E-state index contributed by atoms with van der Waals surface area (Å²) in [7, 11) is 0. The van der Waals surface area contributed by atoms with Crippen molar-refractivity contribution in [3.63, 3.8) is 0 Å². The molecular weight excluding hydrogens is 535 g/mol.